The number of hydrogen-bond donors (Lipinski definition) is 13. The Hall–Kier alpha value is -5.91. The van der Waals surface area contributed by atoms with Crippen LogP contribution in [0.5, 0.6) is 0 Å². The lowest BCUT2D eigenvalue weighted by molar-refractivity contribution is -0.141. The first-order valence-electron chi connectivity index (χ1n) is 26.7. The molecule has 436 valence electrons. The summed E-state index contributed by atoms with van der Waals surface area (Å²) < 4.78 is 0. The van der Waals surface area contributed by atoms with Gasteiger partial charge in [-0.1, -0.05) is 103 Å². The molecule has 0 unspecified atom stereocenters. The lowest BCUT2D eigenvalue weighted by Gasteiger charge is -2.30. The zero-order chi connectivity index (χ0) is 58.9. The summed E-state index contributed by atoms with van der Waals surface area (Å²) in [5.41, 5.74) is 6.05. The van der Waals surface area contributed by atoms with Gasteiger partial charge in [0.2, 0.25) is 59.1 Å². The molecule has 0 rings (SSSR count). The van der Waals surface area contributed by atoms with Crippen LogP contribution < -0.4 is 58.9 Å². The van der Waals surface area contributed by atoms with E-state index in [1.165, 1.54) is 13.8 Å². The normalized spacial score (nSPS) is 15.9. The van der Waals surface area contributed by atoms with Crippen molar-refractivity contribution < 1.29 is 63.0 Å². The Morgan fingerprint density at radius 3 is 1.05 bits per heavy atom. The van der Waals surface area contributed by atoms with Crippen LogP contribution in [0.3, 0.4) is 0 Å². The zero-order valence-corrected chi connectivity index (χ0v) is 47.9. The molecule has 24 nitrogen and oxygen atoms in total. The molecule has 0 radical (unpaired) electrons. The molecule has 0 heterocycles. The summed E-state index contributed by atoms with van der Waals surface area (Å²) in [6.07, 6.45) is 1.17. The molecule has 76 heavy (non-hydrogen) atoms. The summed E-state index contributed by atoms with van der Waals surface area (Å²) in [4.78, 5) is 146. The van der Waals surface area contributed by atoms with Crippen LogP contribution in [0, 0.1) is 41.4 Å². The summed E-state index contributed by atoms with van der Waals surface area (Å²) in [5.74, 6) is -9.89. The van der Waals surface area contributed by atoms with Gasteiger partial charge >= 0.3 is 5.97 Å². The van der Waals surface area contributed by atoms with Crippen molar-refractivity contribution in [1.29, 1.82) is 0 Å². The van der Waals surface area contributed by atoms with E-state index in [2.05, 4.69) is 53.2 Å². The number of hydrogen-bond acceptors (Lipinski definition) is 13. The highest BCUT2D eigenvalue weighted by Crippen LogP contribution is 2.15. The van der Waals surface area contributed by atoms with E-state index < -0.39 is 145 Å². The van der Waals surface area contributed by atoms with Crippen molar-refractivity contribution in [1.82, 2.24) is 53.2 Å². The van der Waals surface area contributed by atoms with Gasteiger partial charge in [-0.05, 0) is 87.4 Å². The largest absolute Gasteiger partial charge is 0.480 e. The van der Waals surface area contributed by atoms with Crippen molar-refractivity contribution in [3.8, 4) is 0 Å². The average molecular weight is 1080 g/mol. The summed E-state index contributed by atoms with van der Waals surface area (Å²) in [6, 6.07) is -11.9. The van der Waals surface area contributed by atoms with E-state index in [0.717, 1.165) is 0 Å². The van der Waals surface area contributed by atoms with E-state index in [1.54, 1.807) is 27.7 Å². The number of rotatable bonds is 35. The predicted molar refractivity (Wildman–Crippen MR) is 286 cm³/mol. The molecule has 0 fully saturated rings. The number of carboxylic acid groups (broad SMARTS) is 1. The van der Waals surface area contributed by atoms with Gasteiger partial charge in [0, 0.05) is 0 Å². The molecule has 0 aromatic carbocycles. The monoisotopic (exact) mass is 1080 g/mol. The third kappa shape index (κ3) is 26.7. The van der Waals surface area contributed by atoms with Crippen molar-refractivity contribution in [2.75, 3.05) is 13.2 Å². The minimum absolute atomic E-state index is 0.00367. The smallest absolute Gasteiger partial charge is 0.325 e. The topological polar surface area (TPSA) is 375 Å². The number of carbonyl (C=O) groups excluding carboxylic acids is 10. The fourth-order valence-corrected chi connectivity index (χ4v) is 7.63. The van der Waals surface area contributed by atoms with Gasteiger partial charge in [-0.15, -0.1) is 0 Å². The number of carbonyl (C=O) groups is 11. The molecule has 0 saturated heterocycles. The van der Waals surface area contributed by atoms with Crippen LogP contribution >= 0.6 is 0 Å². The van der Waals surface area contributed by atoms with E-state index in [9.17, 15) is 57.8 Å². The maximum Gasteiger partial charge on any atom is 0.325 e. The van der Waals surface area contributed by atoms with E-state index in [0.29, 0.717) is 6.42 Å². The third-order valence-electron chi connectivity index (χ3n) is 12.3. The molecule has 0 spiro atoms. The average Bonchev–Trinajstić information content (AvgIpc) is 3.31. The molecule has 11 atom stereocenters. The summed E-state index contributed by atoms with van der Waals surface area (Å²) in [7, 11) is 0. The van der Waals surface area contributed by atoms with Gasteiger partial charge in [0.15, 0.2) is 0 Å². The quantitative estimate of drug-likeness (QED) is 0.0393. The molecular weight excluding hydrogens is 987 g/mol. The van der Waals surface area contributed by atoms with Crippen LogP contribution in [0.25, 0.3) is 0 Å². The summed E-state index contributed by atoms with van der Waals surface area (Å²) in [5, 5.41) is 44.8. The van der Waals surface area contributed by atoms with Crippen molar-refractivity contribution >= 4 is 65.0 Å². The number of aliphatic hydroxyl groups is 1. The number of carboxylic acids is 1. The molecule has 0 saturated carbocycles. The van der Waals surface area contributed by atoms with Crippen LogP contribution in [0.2, 0.25) is 0 Å². The number of aliphatic carboxylic acids is 1. The molecule has 0 aromatic rings. The number of nitrogens with one attached hydrogen (secondary N) is 10. The van der Waals surface area contributed by atoms with Gasteiger partial charge in [0.05, 0.1) is 19.2 Å². The van der Waals surface area contributed by atoms with E-state index in [-0.39, 0.29) is 67.6 Å². The molecule has 0 aromatic heterocycles. The molecule has 0 aliphatic carbocycles. The third-order valence-corrected chi connectivity index (χ3v) is 12.3. The fourth-order valence-electron chi connectivity index (χ4n) is 7.63. The zero-order valence-electron chi connectivity index (χ0n) is 47.9. The first-order valence-corrected chi connectivity index (χ1v) is 26.7. The minimum atomic E-state index is -1.56. The maximum absolute atomic E-state index is 14.2. The summed E-state index contributed by atoms with van der Waals surface area (Å²) in [6.45, 7) is 26.5. The summed E-state index contributed by atoms with van der Waals surface area (Å²) >= 11 is 0. The van der Waals surface area contributed by atoms with Crippen LogP contribution in [0.4, 0.5) is 0 Å². The van der Waals surface area contributed by atoms with Crippen LogP contribution in [0.1, 0.15) is 149 Å². The number of amides is 10. The Kier molecular flexibility index (Phi) is 32.0. The molecule has 14 N–H and O–H groups in total. The number of aliphatic hydroxyl groups excluding tert-OH is 1. The Labute approximate surface area is 450 Å². The van der Waals surface area contributed by atoms with Crippen molar-refractivity contribution in [3.63, 3.8) is 0 Å². The first-order chi connectivity index (χ1) is 35.1. The van der Waals surface area contributed by atoms with Crippen LogP contribution in [0.15, 0.2) is 0 Å². The van der Waals surface area contributed by atoms with Gasteiger partial charge in [0.1, 0.15) is 54.4 Å². The molecule has 24 heteroatoms. The molecular formula is C52H95N11O13. The second-order valence-corrected chi connectivity index (χ2v) is 22.4. The van der Waals surface area contributed by atoms with E-state index in [1.807, 2.05) is 69.2 Å². The van der Waals surface area contributed by atoms with Crippen molar-refractivity contribution in [2.24, 2.45) is 47.2 Å². The Balaban J connectivity index is 6.40. The Morgan fingerprint density at radius 2 is 0.724 bits per heavy atom. The molecule has 0 bridgehead atoms. The lowest BCUT2D eigenvalue weighted by atomic mass is 9.96. The van der Waals surface area contributed by atoms with Gasteiger partial charge in [0.25, 0.3) is 0 Å². The predicted octanol–water partition coefficient (Wildman–Crippen LogP) is -0.158. The lowest BCUT2D eigenvalue weighted by Crippen LogP contribution is -2.61. The second-order valence-electron chi connectivity index (χ2n) is 22.4. The van der Waals surface area contributed by atoms with E-state index >= 15 is 0 Å². The standard InChI is InChI=1S/C52H95N11O13/c1-17-31(14)42(51(74)62-39(24-64)44(67)54-23-40(65)55-33(16)52(75)76)63-49(72)38(22-29(10)11)60-47(70)36(20-27(6)7)59-46(69)35(19-26(4)5)57-43(66)32(15)56-45(68)34(18-25(2)3)58-48(71)37(21-28(8)9)61-50(73)41(53)30(12)13/h25-39,41-42,64H,17-24,53H2,1-16H3,(H,54,67)(H,55,65)(H,56,68)(H,57,66)(H,58,71)(H,59,69)(H,60,70)(H,61,73)(H,62,74)(H,63,72)(H,75,76)/t31-,32-,33-,34-,35-,36-,37-,38-,39-,41-,42-/m0/s1. The molecule has 10 amide bonds. The Bertz CT molecular complexity index is 1950. The minimum Gasteiger partial charge on any atom is -0.480 e. The highest BCUT2D eigenvalue weighted by Gasteiger charge is 2.36. The fraction of sp³-hybridized carbons (Fsp3) is 0.788. The highest BCUT2D eigenvalue weighted by atomic mass is 16.4. The van der Waals surface area contributed by atoms with Crippen LogP contribution in [-0.4, -0.2) is 149 Å². The van der Waals surface area contributed by atoms with Gasteiger partial charge in [-0.2, -0.15) is 0 Å². The van der Waals surface area contributed by atoms with Gasteiger partial charge in [-0.3, -0.25) is 52.7 Å². The molecule has 0 aliphatic heterocycles. The second kappa shape index (κ2) is 34.7. The number of nitrogens with two attached hydrogens (primary N) is 1. The Morgan fingerprint density at radius 1 is 0.395 bits per heavy atom. The van der Waals surface area contributed by atoms with Crippen molar-refractivity contribution in [2.45, 2.75) is 210 Å². The van der Waals surface area contributed by atoms with E-state index in [4.69, 9.17) is 10.8 Å². The first kappa shape index (κ1) is 70.1. The SMILES string of the molecule is CC[C@H](C)[C@H](NC(=O)[C@H](CC(C)C)NC(=O)[C@H](CC(C)C)NC(=O)[C@H](CC(C)C)NC(=O)[C@H](C)NC(=O)[C@H](CC(C)C)NC(=O)[C@H](CC(C)C)NC(=O)[C@@H](N)C(C)C)C(=O)N[C@@H](CO)C(=O)NCC(=O)N[C@@H](C)C(=O)O. The maximum atomic E-state index is 14.2. The van der Waals surface area contributed by atoms with Gasteiger partial charge < -0.3 is 69.1 Å². The highest BCUT2D eigenvalue weighted by molar-refractivity contribution is 5.98. The molecule has 0 aliphatic rings. The van der Waals surface area contributed by atoms with Crippen LogP contribution in [-0.2, 0) is 52.7 Å². The van der Waals surface area contributed by atoms with Gasteiger partial charge in [-0.25, -0.2) is 0 Å². The van der Waals surface area contributed by atoms with Crippen molar-refractivity contribution in [3.05, 3.63) is 0 Å².